The Labute approximate surface area is 97.2 Å². The second-order valence-corrected chi connectivity index (χ2v) is 5.08. The van der Waals surface area contributed by atoms with E-state index in [0.717, 1.165) is 19.3 Å². The van der Waals surface area contributed by atoms with Crippen LogP contribution in [0.1, 0.15) is 39.5 Å². The predicted octanol–water partition coefficient (Wildman–Crippen LogP) is 0.684. The van der Waals surface area contributed by atoms with Gasteiger partial charge >= 0.3 is 0 Å². The van der Waals surface area contributed by atoms with Crippen molar-refractivity contribution in [3.63, 3.8) is 0 Å². The molecule has 1 fully saturated rings. The molecule has 0 aromatic carbocycles. The van der Waals surface area contributed by atoms with Gasteiger partial charge in [-0.05, 0) is 13.3 Å². The quantitative estimate of drug-likeness (QED) is 0.667. The molecule has 0 aromatic rings. The van der Waals surface area contributed by atoms with Gasteiger partial charge in [-0.2, -0.15) is 0 Å². The Morgan fingerprint density at radius 1 is 1.38 bits per heavy atom. The molecule has 0 unspecified atom stereocenters. The van der Waals surface area contributed by atoms with Crippen molar-refractivity contribution >= 4 is 0 Å². The van der Waals surface area contributed by atoms with Gasteiger partial charge in [0.15, 0.2) is 0 Å². The number of hydrogen-bond acceptors (Lipinski definition) is 4. The fourth-order valence-electron chi connectivity index (χ4n) is 2.60. The molecule has 0 aromatic heterocycles. The Hall–Kier alpha value is -0.160. The summed E-state index contributed by atoms with van der Waals surface area (Å²) in [5.41, 5.74) is -1.26. The van der Waals surface area contributed by atoms with E-state index in [0.29, 0.717) is 0 Å². The first-order valence-corrected chi connectivity index (χ1v) is 6.05. The van der Waals surface area contributed by atoms with Crippen molar-refractivity contribution in [1.82, 2.24) is 0 Å². The molecule has 1 aliphatic carbocycles. The van der Waals surface area contributed by atoms with Gasteiger partial charge in [0, 0.05) is 19.4 Å². The van der Waals surface area contributed by atoms with Gasteiger partial charge < -0.3 is 20.1 Å². The fraction of sp³-hybridized carbons (Fsp3) is 1.00. The lowest BCUT2D eigenvalue weighted by Crippen LogP contribution is -2.59. The predicted molar refractivity (Wildman–Crippen MR) is 61.1 cm³/mol. The summed E-state index contributed by atoms with van der Waals surface area (Å²) < 4.78 is 5.25. The number of rotatable bonds is 4. The highest BCUT2D eigenvalue weighted by Crippen LogP contribution is 2.36. The van der Waals surface area contributed by atoms with Gasteiger partial charge in [-0.3, -0.25) is 0 Å². The maximum Gasteiger partial charge on any atom is 0.109 e. The Kier molecular flexibility index (Phi) is 4.73. The van der Waals surface area contributed by atoms with E-state index in [1.807, 2.05) is 0 Å². The third-order valence-electron chi connectivity index (χ3n) is 3.65. The molecule has 0 saturated heterocycles. The minimum atomic E-state index is -1.26. The highest BCUT2D eigenvalue weighted by atomic mass is 16.5. The van der Waals surface area contributed by atoms with E-state index in [-0.39, 0.29) is 12.3 Å². The van der Waals surface area contributed by atoms with E-state index in [1.165, 1.54) is 7.11 Å². The molecular formula is C12H24O4. The summed E-state index contributed by atoms with van der Waals surface area (Å²) in [7, 11) is 1.51. The lowest BCUT2D eigenvalue weighted by Gasteiger charge is -2.46. The lowest BCUT2D eigenvalue weighted by atomic mass is 9.72. The van der Waals surface area contributed by atoms with E-state index in [4.69, 9.17) is 4.74 Å². The third kappa shape index (κ3) is 2.74. The Balaban J connectivity index is 2.75. The van der Waals surface area contributed by atoms with Crippen LogP contribution in [0.4, 0.5) is 0 Å². The van der Waals surface area contributed by atoms with Crippen molar-refractivity contribution in [2.75, 3.05) is 7.11 Å². The zero-order valence-corrected chi connectivity index (χ0v) is 10.4. The monoisotopic (exact) mass is 232 g/mol. The van der Waals surface area contributed by atoms with Gasteiger partial charge in [-0.1, -0.05) is 19.8 Å². The number of ether oxygens (including phenoxy) is 1. The van der Waals surface area contributed by atoms with Crippen molar-refractivity contribution < 1.29 is 20.1 Å². The van der Waals surface area contributed by atoms with E-state index < -0.39 is 23.9 Å². The van der Waals surface area contributed by atoms with Crippen molar-refractivity contribution in [3.05, 3.63) is 0 Å². The van der Waals surface area contributed by atoms with Crippen LogP contribution < -0.4 is 0 Å². The van der Waals surface area contributed by atoms with Crippen LogP contribution in [0, 0.1) is 5.92 Å². The first-order chi connectivity index (χ1) is 7.44. The average molecular weight is 232 g/mol. The van der Waals surface area contributed by atoms with Crippen LogP contribution in [-0.4, -0.2) is 46.3 Å². The minimum Gasteiger partial charge on any atom is -0.393 e. The van der Waals surface area contributed by atoms with Crippen LogP contribution in [0.5, 0.6) is 0 Å². The molecular weight excluding hydrogens is 208 g/mol. The van der Waals surface area contributed by atoms with Crippen molar-refractivity contribution in [3.8, 4) is 0 Å². The third-order valence-corrected chi connectivity index (χ3v) is 3.65. The van der Waals surface area contributed by atoms with Gasteiger partial charge in [0.25, 0.3) is 0 Å². The molecule has 1 rings (SSSR count). The number of aliphatic hydroxyl groups is 3. The molecule has 0 aliphatic heterocycles. The van der Waals surface area contributed by atoms with Crippen molar-refractivity contribution in [2.45, 2.75) is 63.4 Å². The molecule has 0 radical (unpaired) electrons. The SMILES string of the molecule is CCCC[C@@H]1[C@H](OC)[C@@H](O)[C@@](C)(O)C[C@@H]1O. The van der Waals surface area contributed by atoms with Gasteiger partial charge in [0.2, 0.25) is 0 Å². The Morgan fingerprint density at radius 2 is 2.00 bits per heavy atom. The summed E-state index contributed by atoms with van der Waals surface area (Å²) >= 11 is 0. The van der Waals surface area contributed by atoms with Gasteiger partial charge in [0.05, 0.1) is 17.8 Å². The van der Waals surface area contributed by atoms with Gasteiger partial charge in [-0.15, -0.1) is 0 Å². The highest BCUT2D eigenvalue weighted by molar-refractivity contribution is 5.00. The molecule has 3 N–H and O–H groups in total. The van der Waals surface area contributed by atoms with Crippen LogP contribution >= 0.6 is 0 Å². The van der Waals surface area contributed by atoms with E-state index in [9.17, 15) is 15.3 Å². The van der Waals surface area contributed by atoms with E-state index in [2.05, 4.69) is 6.92 Å². The van der Waals surface area contributed by atoms with Crippen LogP contribution in [0.15, 0.2) is 0 Å². The summed E-state index contributed by atoms with van der Waals surface area (Å²) in [6, 6.07) is 0. The molecule has 5 atom stereocenters. The highest BCUT2D eigenvalue weighted by Gasteiger charge is 2.49. The lowest BCUT2D eigenvalue weighted by molar-refractivity contribution is -0.202. The molecule has 96 valence electrons. The first-order valence-electron chi connectivity index (χ1n) is 6.05. The molecule has 0 amide bonds. The topological polar surface area (TPSA) is 69.9 Å². The van der Waals surface area contributed by atoms with Crippen LogP contribution in [-0.2, 0) is 4.74 Å². The van der Waals surface area contributed by atoms with Crippen molar-refractivity contribution in [2.24, 2.45) is 5.92 Å². The number of methoxy groups -OCH3 is 1. The van der Waals surface area contributed by atoms with E-state index in [1.54, 1.807) is 6.92 Å². The summed E-state index contributed by atoms with van der Waals surface area (Å²) in [4.78, 5) is 0. The summed E-state index contributed by atoms with van der Waals surface area (Å²) in [6.07, 6.45) is 1.07. The summed E-state index contributed by atoms with van der Waals surface area (Å²) in [5, 5.41) is 30.0. The zero-order valence-electron chi connectivity index (χ0n) is 10.4. The minimum absolute atomic E-state index is 0.0832. The number of unbranched alkanes of at least 4 members (excludes halogenated alkanes) is 1. The van der Waals surface area contributed by atoms with Gasteiger partial charge in [-0.25, -0.2) is 0 Å². The summed E-state index contributed by atoms with van der Waals surface area (Å²) in [5.74, 6) is -0.0832. The van der Waals surface area contributed by atoms with Crippen LogP contribution in [0.3, 0.4) is 0 Å². The molecule has 1 aliphatic rings. The normalized spacial score (nSPS) is 44.6. The standard InChI is InChI=1S/C12H24O4/c1-4-5-6-8-9(13)7-12(2,15)11(14)10(8)16-3/h8-11,13-15H,4-7H2,1-3H3/t8-,9-,10-,11+,12-/m0/s1. The smallest absolute Gasteiger partial charge is 0.109 e. The van der Waals surface area contributed by atoms with Gasteiger partial charge in [0.1, 0.15) is 6.10 Å². The Morgan fingerprint density at radius 3 is 2.50 bits per heavy atom. The largest absolute Gasteiger partial charge is 0.393 e. The molecule has 0 bridgehead atoms. The first kappa shape index (κ1) is 13.9. The fourth-order valence-corrected chi connectivity index (χ4v) is 2.60. The molecule has 0 spiro atoms. The number of aliphatic hydroxyl groups excluding tert-OH is 2. The maximum atomic E-state index is 10.00. The second kappa shape index (κ2) is 5.45. The zero-order chi connectivity index (χ0) is 12.3. The molecule has 4 heteroatoms. The van der Waals surface area contributed by atoms with Crippen molar-refractivity contribution in [1.29, 1.82) is 0 Å². The van der Waals surface area contributed by atoms with E-state index >= 15 is 0 Å². The van der Waals surface area contributed by atoms with Crippen LogP contribution in [0.2, 0.25) is 0 Å². The maximum absolute atomic E-state index is 10.00. The molecule has 16 heavy (non-hydrogen) atoms. The Bertz CT molecular complexity index is 217. The molecule has 1 saturated carbocycles. The number of hydrogen-bond donors (Lipinski definition) is 3. The molecule has 4 nitrogen and oxygen atoms in total. The second-order valence-electron chi connectivity index (χ2n) is 5.08. The average Bonchev–Trinajstić information content (AvgIpc) is 2.21. The molecule has 0 heterocycles. The summed E-state index contributed by atoms with van der Waals surface area (Å²) in [6.45, 7) is 3.63. The van der Waals surface area contributed by atoms with Crippen LogP contribution in [0.25, 0.3) is 0 Å².